The molecule has 5 nitrogen and oxygen atoms in total. The van der Waals surface area contributed by atoms with Crippen LogP contribution < -0.4 is 4.90 Å². The molecule has 136 valence electrons. The zero-order chi connectivity index (χ0) is 18.0. The van der Waals surface area contributed by atoms with Crippen molar-refractivity contribution in [3.63, 3.8) is 0 Å². The predicted octanol–water partition coefficient (Wildman–Crippen LogP) is 3.67. The van der Waals surface area contributed by atoms with Crippen LogP contribution in [0.15, 0.2) is 48.8 Å². The zero-order valence-electron chi connectivity index (χ0n) is 15.6. The number of hydrogen-bond acceptors (Lipinski definition) is 4. The summed E-state index contributed by atoms with van der Waals surface area (Å²) < 4.78 is 7.37. The van der Waals surface area contributed by atoms with Gasteiger partial charge in [-0.2, -0.15) is 5.10 Å². The van der Waals surface area contributed by atoms with E-state index < -0.39 is 0 Å². The van der Waals surface area contributed by atoms with Crippen molar-refractivity contribution in [2.45, 2.75) is 32.1 Å². The molecule has 1 aliphatic heterocycles. The standard InChI is InChI=1S/C21H26N4O/c1-3-8-21(2,19-16-20-22-9-5-10-25(20)23-19)17-6-4-7-18(15-17)24-11-13-26-14-12-24/h4-7,9-10,15-16H,3,8,11-14H2,1-2H3. The van der Waals surface area contributed by atoms with Crippen LogP contribution in [-0.2, 0) is 10.2 Å². The van der Waals surface area contributed by atoms with E-state index in [9.17, 15) is 0 Å². The number of aromatic nitrogens is 3. The maximum absolute atomic E-state index is 5.50. The van der Waals surface area contributed by atoms with Crippen molar-refractivity contribution in [1.82, 2.24) is 14.6 Å². The van der Waals surface area contributed by atoms with E-state index in [0.717, 1.165) is 50.5 Å². The van der Waals surface area contributed by atoms with E-state index in [1.165, 1.54) is 11.3 Å². The van der Waals surface area contributed by atoms with Crippen LogP contribution in [0.2, 0.25) is 0 Å². The highest BCUT2D eigenvalue weighted by atomic mass is 16.5. The van der Waals surface area contributed by atoms with Crippen molar-refractivity contribution >= 4 is 11.3 Å². The molecule has 1 saturated heterocycles. The molecule has 5 heteroatoms. The Balaban J connectivity index is 1.75. The van der Waals surface area contributed by atoms with Gasteiger partial charge in [0.15, 0.2) is 5.65 Å². The summed E-state index contributed by atoms with van der Waals surface area (Å²) in [6, 6.07) is 13.0. The van der Waals surface area contributed by atoms with Gasteiger partial charge in [-0.1, -0.05) is 25.5 Å². The van der Waals surface area contributed by atoms with E-state index in [0.29, 0.717) is 0 Å². The van der Waals surface area contributed by atoms with Crippen molar-refractivity contribution in [2.24, 2.45) is 0 Å². The number of anilines is 1. The number of ether oxygens (including phenoxy) is 1. The second-order valence-corrected chi connectivity index (χ2v) is 7.18. The van der Waals surface area contributed by atoms with E-state index in [1.807, 2.05) is 23.0 Å². The van der Waals surface area contributed by atoms with Crippen LogP contribution in [0.3, 0.4) is 0 Å². The van der Waals surface area contributed by atoms with Crippen LogP contribution in [0.25, 0.3) is 5.65 Å². The van der Waals surface area contributed by atoms with Gasteiger partial charge in [0.2, 0.25) is 0 Å². The molecule has 0 N–H and O–H groups in total. The predicted molar refractivity (Wildman–Crippen MR) is 104 cm³/mol. The lowest BCUT2D eigenvalue weighted by Gasteiger charge is -2.32. The Morgan fingerprint density at radius 2 is 2.00 bits per heavy atom. The van der Waals surface area contributed by atoms with E-state index >= 15 is 0 Å². The highest BCUT2D eigenvalue weighted by molar-refractivity contribution is 5.53. The highest BCUT2D eigenvalue weighted by Crippen LogP contribution is 2.37. The van der Waals surface area contributed by atoms with Gasteiger partial charge in [0.25, 0.3) is 0 Å². The van der Waals surface area contributed by atoms with E-state index in [1.54, 1.807) is 0 Å². The van der Waals surface area contributed by atoms with E-state index in [2.05, 4.69) is 54.1 Å². The van der Waals surface area contributed by atoms with Crippen LogP contribution in [0.4, 0.5) is 5.69 Å². The number of hydrogen-bond donors (Lipinski definition) is 0. The van der Waals surface area contributed by atoms with Crippen LogP contribution in [0.5, 0.6) is 0 Å². The molecule has 0 bridgehead atoms. The van der Waals surface area contributed by atoms with Crippen molar-refractivity contribution in [2.75, 3.05) is 31.2 Å². The summed E-state index contributed by atoms with van der Waals surface area (Å²) in [5.41, 5.74) is 4.43. The molecule has 3 heterocycles. The van der Waals surface area contributed by atoms with Gasteiger partial charge in [0, 0.05) is 42.7 Å². The highest BCUT2D eigenvalue weighted by Gasteiger charge is 2.31. The Kier molecular flexibility index (Phi) is 4.64. The molecule has 4 rings (SSSR count). The third kappa shape index (κ3) is 3.07. The van der Waals surface area contributed by atoms with Gasteiger partial charge in [0.1, 0.15) is 0 Å². The quantitative estimate of drug-likeness (QED) is 0.704. The summed E-state index contributed by atoms with van der Waals surface area (Å²) >= 11 is 0. The minimum atomic E-state index is -0.134. The molecule has 0 saturated carbocycles. The second-order valence-electron chi connectivity index (χ2n) is 7.18. The summed E-state index contributed by atoms with van der Waals surface area (Å²) in [7, 11) is 0. The fourth-order valence-corrected chi connectivity index (χ4v) is 3.89. The largest absolute Gasteiger partial charge is 0.378 e. The first-order valence-electron chi connectivity index (χ1n) is 9.45. The number of rotatable bonds is 5. The molecule has 1 atom stereocenters. The molecule has 1 aromatic carbocycles. The number of nitrogens with zero attached hydrogens (tertiary/aromatic N) is 4. The summed E-state index contributed by atoms with van der Waals surface area (Å²) in [6.07, 6.45) is 5.92. The first-order chi connectivity index (χ1) is 12.7. The number of fused-ring (bicyclic) bond motifs is 1. The molecule has 0 radical (unpaired) electrons. The zero-order valence-corrected chi connectivity index (χ0v) is 15.6. The number of benzene rings is 1. The Bertz CT molecular complexity index is 851. The van der Waals surface area contributed by atoms with Crippen molar-refractivity contribution < 1.29 is 4.74 Å². The maximum atomic E-state index is 5.50. The second kappa shape index (κ2) is 7.08. The molecule has 1 unspecified atom stereocenters. The SMILES string of the molecule is CCCC(C)(c1cccc(N2CCOCC2)c1)c1cc2ncccn2n1. The van der Waals surface area contributed by atoms with Crippen LogP contribution in [0.1, 0.15) is 37.9 Å². The normalized spacial score (nSPS) is 17.4. The topological polar surface area (TPSA) is 42.7 Å². The Morgan fingerprint density at radius 1 is 1.15 bits per heavy atom. The molecule has 0 spiro atoms. The average Bonchev–Trinajstić information content (AvgIpc) is 3.14. The van der Waals surface area contributed by atoms with E-state index in [-0.39, 0.29) is 5.41 Å². The lowest BCUT2D eigenvalue weighted by atomic mass is 9.76. The fourth-order valence-electron chi connectivity index (χ4n) is 3.89. The molecule has 3 aromatic rings. The van der Waals surface area contributed by atoms with Crippen LogP contribution in [-0.4, -0.2) is 40.9 Å². The minimum absolute atomic E-state index is 0.134. The summed E-state index contributed by atoms with van der Waals surface area (Å²) in [6.45, 7) is 8.04. The Labute approximate surface area is 154 Å². The Morgan fingerprint density at radius 3 is 2.77 bits per heavy atom. The molecular weight excluding hydrogens is 324 g/mol. The maximum Gasteiger partial charge on any atom is 0.155 e. The minimum Gasteiger partial charge on any atom is -0.378 e. The van der Waals surface area contributed by atoms with Crippen molar-refractivity contribution in [3.05, 3.63) is 60.0 Å². The van der Waals surface area contributed by atoms with Gasteiger partial charge >= 0.3 is 0 Å². The number of morpholine rings is 1. The van der Waals surface area contributed by atoms with Gasteiger partial charge in [-0.05, 0) is 37.1 Å². The van der Waals surface area contributed by atoms with Gasteiger partial charge in [0.05, 0.1) is 18.9 Å². The van der Waals surface area contributed by atoms with E-state index in [4.69, 9.17) is 9.84 Å². The first kappa shape index (κ1) is 17.0. The Hall–Kier alpha value is -2.40. The summed E-state index contributed by atoms with van der Waals surface area (Å²) in [5.74, 6) is 0. The van der Waals surface area contributed by atoms with Gasteiger partial charge < -0.3 is 9.64 Å². The molecule has 1 fully saturated rings. The smallest absolute Gasteiger partial charge is 0.155 e. The fraction of sp³-hybridized carbons (Fsp3) is 0.429. The lowest BCUT2D eigenvalue weighted by Crippen LogP contribution is -2.36. The van der Waals surface area contributed by atoms with Crippen LogP contribution >= 0.6 is 0 Å². The molecule has 0 amide bonds. The molecule has 1 aliphatic rings. The van der Waals surface area contributed by atoms with Gasteiger partial charge in [-0.15, -0.1) is 0 Å². The molecule has 26 heavy (non-hydrogen) atoms. The summed E-state index contributed by atoms with van der Waals surface area (Å²) in [4.78, 5) is 6.85. The third-order valence-corrected chi connectivity index (χ3v) is 5.41. The van der Waals surface area contributed by atoms with Gasteiger partial charge in [-0.3, -0.25) is 0 Å². The molecule has 2 aromatic heterocycles. The molecular formula is C21H26N4O. The monoisotopic (exact) mass is 350 g/mol. The van der Waals surface area contributed by atoms with Gasteiger partial charge in [-0.25, -0.2) is 9.50 Å². The lowest BCUT2D eigenvalue weighted by molar-refractivity contribution is 0.122. The molecule has 0 aliphatic carbocycles. The first-order valence-corrected chi connectivity index (χ1v) is 9.45. The summed E-state index contributed by atoms with van der Waals surface area (Å²) in [5, 5.41) is 4.84. The van der Waals surface area contributed by atoms with Crippen LogP contribution in [0, 0.1) is 0 Å². The average molecular weight is 350 g/mol. The van der Waals surface area contributed by atoms with Crippen molar-refractivity contribution in [3.8, 4) is 0 Å². The van der Waals surface area contributed by atoms with Crippen molar-refractivity contribution in [1.29, 1.82) is 0 Å². The third-order valence-electron chi connectivity index (χ3n) is 5.41.